The highest BCUT2D eigenvalue weighted by Crippen LogP contribution is 2.51. The summed E-state index contributed by atoms with van der Waals surface area (Å²) in [6.07, 6.45) is 0. The lowest BCUT2D eigenvalue weighted by molar-refractivity contribution is 0.660. The number of aromatic nitrogens is 3. The molecule has 0 fully saturated rings. The van der Waals surface area contributed by atoms with E-state index in [1.54, 1.807) is 0 Å². The molecule has 1 aromatic heterocycles. The van der Waals surface area contributed by atoms with Gasteiger partial charge in [-0.15, -0.1) is 0 Å². The fourth-order valence-electron chi connectivity index (χ4n) is 7.47. The van der Waals surface area contributed by atoms with Crippen molar-refractivity contribution in [1.29, 1.82) is 0 Å². The van der Waals surface area contributed by atoms with Crippen LogP contribution >= 0.6 is 0 Å². The monoisotopic (exact) mass is 601 g/mol. The Morgan fingerprint density at radius 2 is 0.851 bits per heavy atom. The third kappa shape index (κ3) is 4.31. The number of nitrogens with zero attached hydrogens (tertiary/aromatic N) is 3. The molecule has 0 amide bonds. The number of fused-ring (bicyclic) bond motifs is 5. The van der Waals surface area contributed by atoms with Crippen LogP contribution in [-0.2, 0) is 5.41 Å². The van der Waals surface area contributed by atoms with Gasteiger partial charge in [-0.3, -0.25) is 0 Å². The van der Waals surface area contributed by atoms with Crippen molar-refractivity contribution < 1.29 is 0 Å². The lowest BCUT2D eigenvalue weighted by Gasteiger charge is -2.21. The molecule has 222 valence electrons. The Hall–Kier alpha value is -5.93. The molecule has 3 nitrogen and oxygen atoms in total. The SMILES string of the molecule is CC1(C)c2ccccc2-c2c(-c3nc(-c4ccccc4)nc(-c4cccc5c(-c6cccc7ccccc67)cccc45)n3)cccc21. The van der Waals surface area contributed by atoms with Crippen LogP contribution in [0.1, 0.15) is 25.0 Å². The average molecular weight is 602 g/mol. The Bertz CT molecular complexity index is 2490. The highest BCUT2D eigenvalue weighted by Gasteiger charge is 2.37. The van der Waals surface area contributed by atoms with Gasteiger partial charge in [-0.1, -0.05) is 166 Å². The number of hydrogen-bond donors (Lipinski definition) is 0. The van der Waals surface area contributed by atoms with Crippen LogP contribution in [0, 0.1) is 0 Å². The second-order valence-electron chi connectivity index (χ2n) is 12.8. The summed E-state index contributed by atoms with van der Waals surface area (Å²) < 4.78 is 0. The van der Waals surface area contributed by atoms with Crippen molar-refractivity contribution in [2.24, 2.45) is 0 Å². The summed E-state index contributed by atoms with van der Waals surface area (Å²) in [6, 6.07) is 53.6. The fourth-order valence-corrected chi connectivity index (χ4v) is 7.47. The van der Waals surface area contributed by atoms with Gasteiger partial charge in [0.05, 0.1) is 0 Å². The zero-order chi connectivity index (χ0) is 31.5. The molecule has 47 heavy (non-hydrogen) atoms. The number of benzene rings is 7. The molecular formula is C44H31N3. The first-order valence-corrected chi connectivity index (χ1v) is 16.1. The molecule has 1 aliphatic rings. The van der Waals surface area contributed by atoms with E-state index < -0.39 is 0 Å². The normalized spacial score (nSPS) is 13.1. The van der Waals surface area contributed by atoms with E-state index >= 15 is 0 Å². The van der Waals surface area contributed by atoms with Crippen LogP contribution in [0.3, 0.4) is 0 Å². The first-order chi connectivity index (χ1) is 23.1. The van der Waals surface area contributed by atoms with Gasteiger partial charge in [0.25, 0.3) is 0 Å². The highest BCUT2D eigenvalue weighted by atomic mass is 15.0. The highest BCUT2D eigenvalue weighted by molar-refractivity contribution is 6.08. The quantitative estimate of drug-likeness (QED) is 0.201. The van der Waals surface area contributed by atoms with Crippen LogP contribution in [0.2, 0.25) is 0 Å². The van der Waals surface area contributed by atoms with Gasteiger partial charge in [-0.05, 0) is 54.9 Å². The van der Waals surface area contributed by atoms with Gasteiger partial charge in [0.2, 0.25) is 0 Å². The van der Waals surface area contributed by atoms with Crippen molar-refractivity contribution in [2.75, 3.05) is 0 Å². The Morgan fingerprint density at radius 3 is 1.68 bits per heavy atom. The fraction of sp³-hybridized carbons (Fsp3) is 0.0682. The lowest BCUT2D eigenvalue weighted by atomic mass is 9.82. The summed E-state index contributed by atoms with van der Waals surface area (Å²) in [5.41, 5.74) is 10.3. The van der Waals surface area contributed by atoms with Crippen molar-refractivity contribution in [3.05, 3.63) is 163 Å². The topological polar surface area (TPSA) is 38.7 Å². The van der Waals surface area contributed by atoms with Crippen LogP contribution in [0.5, 0.6) is 0 Å². The summed E-state index contributed by atoms with van der Waals surface area (Å²) in [6.45, 7) is 4.61. The minimum Gasteiger partial charge on any atom is -0.208 e. The molecule has 8 aromatic rings. The minimum atomic E-state index is -0.117. The van der Waals surface area contributed by atoms with E-state index in [2.05, 4.69) is 147 Å². The van der Waals surface area contributed by atoms with Gasteiger partial charge in [-0.2, -0.15) is 0 Å². The zero-order valence-corrected chi connectivity index (χ0v) is 26.3. The van der Waals surface area contributed by atoms with Gasteiger partial charge in [-0.25, -0.2) is 15.0 Å². The van der Waals surface area contributed by atoms with E-state index in [9.17, 15) is 0 Å². The summed E-state index contributed by atoms with van der Waals surface area (Å²) in [5.74, 6) is 2.01. The number of hydrogen-bond acceptors (Lipinski definition) is 3. The largest absolute Gasteiger partial charge is 0.208 e. The molecule has 0 radical (unpaired) electrons. The van der Waals surface area contributed by atoms with Crippen molar-refractivity contribution in [1.82, 2.24) is 15.0 Å². The Balaban J connectivity index is 1.30. The smallest absolute Gasteiger partial charge is 0.164 e. The van der Waals surface area contributed by atoms with Crippen molar-refractivity contribution in [2.45, 2.75) is 19.3 Å². The zero-order valence-electron chi connectivity index (χ0n) is 26.3. The first kappa shape index (κ1) is 27.4. The van der Waals surface area contributed by atoms with Crippen LogP contribution < -0.4 is 0 Å². The summed E-state index contributed by atoms with van der Waals surface area (Å²) in [5, 5.41) is 4.75. The molecule has 3 heteroatoms. The van der Waals surface area contributed by atoms with Gasteiger partial charge in [0.1, 0.15) is 0 Å². The van der Waals surface area contributed by atoms with Crippen LogP contribution in [-0.4, -0.2) is 15.0 Å². The van der Waals surface area contributed by atoms with E-state index in [1.807, 2.05) is 18.2 Å². The molecule has 0 saturated heterocycles. The molecule has 9 rings (SSSR count). The van der Waals surface area contributed by atoms with Crippen LogP contribution in [0.15, 0.2) is 152 Å². The van der Waals surface area contributed by atoms with Crippen molar-refractivity contribution in [3.63, 3.8) is 0 Å². The van der Waals surface area contributed by atoms with Gasteiger partial charge >= 0.3 is 0 Å². The summed E-state index contributed by atoms with van der Waals surface area (Å²) >= 11 is 0. The standard InChI is InChI=1S/C44H31N3/c1-44(2)38-26-9-8-19-36(38)40-37(25-13-27-39(40)44)43-46-41(29-15-4-3-5-16-29)45-42(47-43)35-24-12-22-33-32(21-11-23-34(33)35)31-20-10-17-28-14-6-7-18-30(28)31/h3-27H,1-2H3. The van der Waals surface area contributed by atoms with Gasteiger partial charge in [0, 0.05) is 22.1 Å². The Labute approximate surface area is 274 Å². The molecule has 0 N–H and O–H groups in total. The van der Waals surface area contributed by atoms with E-state index in [0.717, 1.165) is 22.1 Å². The molecule has 0 unspecified atom stereocenters. The summed E-state index contributed by atoms with van der Waals surface area (Å²) in [7, 11) is 0. The molecule has 0 atom stereocenters. The predicted molar refractivity (Wildman–Crippen MR) is 194 cm³/mol. The molecule has 7 aromatic carbocycles. The van der Waals surface area contributed by atoms with E-state index in [-0.39, 0.29) is 5.41 Å². The maximum absolute atomic E-state index is 5.28. The van der Waals surface area contributed by atoms with E-state index in [4.69, 9.17) is 15.0 Å². The van der Waals surface area contributed by atoms with Crippen molar-refractivity contribution >= 4 is 21.5 Å². The maximum atomic E-state index is 5.28. The van der Waals surface area contributed by atoms with Crippen molar-refractivity contribution in [3.8, 4) is 56.4 Å². The second-order valence-corrected chi connectivity index (χ2v) is 12.8. The van der Waals surface area contributed by atoms with Crippen LogP contribution in [0.25, 0.3) is 78.0 Å². The molecule has 1 aliphatic carbocycles. The molecule has 0 saturated carbocycles. The van der Waals surface area contributed by atoms with E-state index in [0.29, 0.717) is 17.5 Å². The maximum Gasteiger partial charge on any atom is 0.164 e. The minimum absolute atomic E-state index is 0.117. The Morgan fingerprint density at radius 1 is 0.362 bits per heavy atom. The molecule has 0 aliphatic heterocycles. The third-order valence-electron chi connectivity index (χ3n) is 9.76. The van der Waals surface area contributed by atoms with Gasteiger partial charge in [0.15, 0.2) is 17.5 Å². The second kappa shape index (κ2) is 10.6. The average Bonchev–Trinajstić information content (AvgIpc) is 3.37. The molecule has 0 spiro atoms. The van der Waals surface area contributed by atoms with Gasteiger partial charge < -0.3 is 0 Å². The van der Waals surface area contributed by atoms with E-state index in [1.165, 1.54) is 49.5 Å². The summed E-state index contributed by atoms with van der Waals surface area (Å²) in [4.78, 5) is 15.6. The first-order valence-electron chi connectivity index (χ1n) is 16.1. The van der Waals surface area contributed by atoms with Crippen LogP contribution in [0.4, 0.5) is 0 Å². The molecular weight excluding hydrogens is 571 g/mol. The Kier molecular flexibility index (Phi) is 6.16. The lowest BCUT2D eigenvalue weighted by Crippen LogP contribution is -2.14. The molecule has 1 heterocycles. The number of rotatable bonds is 4. The molecule has 0 bridgehead atoms. The predicted octanol–water partition coefficient (Wildman–Crippen LogP) is 11.2. The third-order valence-corrected chi connectivity index (χ3v) is 9.76.